The zero-order valence-electron chi connectivity index (χ0n) is 17.1. The summed E-state index contributed by atoms with van der Waals surface area (Å²) < 4.78 is 30.0. The van der Waals surface area contributed by atoms with Gasteiger partial charge in [-0.3, -0.25) is 4.68 Å². The molecular formula is C20H25F2N7OS. The largest absolute Gasteiger partial charge is 0.389 e. The van der Waals surface area contributed by atoms with Crippen LogP contribution in [0.2, 0.25) is 0 Å². The van der Waals surface area contributed by atoms with Crippen LogP contribution in [-0.2, 0) is 7.05 Å². The van der Waals surface area contributed by atoms with E-state index < -0.39 is 17.9 Å². The molecule has 1 aromatic carbocycles. The summed E-state index contributed by atoms with van der Waals surface area (Å²) in [5, 5.41) is 18.3. The molecule has 166 valence electrons. The van der Waals surface area contributed by atoms with Gasteiger partial charge in [0.05, 0.1) is 17.4 Å². The van der Waals surface area contributed by atoms with E-state index in [1.165, 1.54) is 6.07 Å². The number of aromatic nitrogens is 3. The number of benzene rings is 1. The Kier molecular flexibility index (Phi) is 6.08. The van der Waals surface area contributed by atoms with Crippen molar-refractivity contribution in [2.75, 3.05) is 29.0 Å². The molecule has 3 aromatic rings. The maximum absolute atomic E-state index is 14.1. The van der Waals surface area contributed by atoms with Crippen LogP contribution in [0.5, 0.6) is 0 Å². The summed E-state index contributed by atoms with van der Waals surface area (Å²) in [5.41, 5.74) is 12.6. The Morgan fingerprint density at radius 3 is 2.74 bits per heavy atom. The van der Waals surface area contributed by atoms with Gasteiger partial charge in [-0.15, -0.1) is 0 Å². The fraction of sp³-hybridized carbons (Fsp3) is 0.400. The zero-order valence-corrected chi connectivity index (χ0v) is 17.9. The Balaban J connectivity index is 1.59. The van der Waals surface area contributed by atoms with Crippen LogP contribution in [0.1, 0.15) is 31.2 Å². The lowest BCUT2D eigenvalue weighted by Gasteiger charge is -2.25. The molecule has 1 aliphatic heterocycles. The van der Waals surface area contributed by atoms with Crippen LogP contribution >= 0.6 is 11.3 Å². The van der Waals surface area contributed by atoms with Crippen molar-refractivity contribution >= 4 is 27.8 Å². The average molecular weight is 450 g/mol. The van der Waals surface area contributed by atoms with Crippen molar-refractivity contribution < 1.29 is 13.9 Å². The standard InChI is InChI=1S/C20H25F2N7OS/c1-28-20(29-8-3-4-11(23)7-9-29)14(10-25-28)26-18(30)16-17(24)31-19(27-16)15-12(21)5-2-6-13(15)22/h2,5-6,10-11,18,26,30H,3-4,7-9,23-24H2,1H3/t11-,18?/m0/s1. The fourth-order valence-corrected chi connectivity index (χ4v) is 4.72. The van der Waals surface area contributed by atoms with E-state index in [9.17, 15) is 13.9 Å². The normalized spacial score (nSPS) is 18.1. The number of rotatable bonds is 5. The molecule has 2 atom stereocenters. The van der Waals surface area contributed by atoms with E-state index in [1.54, 1.807) is 10.9 Å². The Labute approximate surface area is 182 Å². The maximum Gasteiger partial charge on any atom is 0.171 e. The minimum Gasteiger partial charge on any atom is -0.389 e. The lowest BCUT2D eigenvalue weighted by atomic mass is 10.1. The summed E-state index contributed by atoms with van der Waals surface area (Å²) in [5.74, 6) is -0.657. The van der Waals surface area contributed by atoms with Gasteiger partial charge in [0.1, 0.15) is 33.2 Å². The molecule has 1 fully saturated rings. The first kappa shape index (κ1) is 21.5. The summed E-state index contributed by atoms with van der Waals surface area (Å²) in [4.78, 5) is 6.40. The average Bonchev–Trinajstić information content (AvgIpc) is 3.19. The predicted molar refractivity (Wildman–Crippen MR) is 118 cm³/mol. The van der Waals surface area contributed by atoms with E-state index in [2.05, 4.69) is 20.3 Å². The summed E-state index contributed by atoms with van der Waals surface area (Å²) in [6.07, 6.45) is 3.12. The number of nitrogens with one attached hydrogen (secondary N) is 1. The van der Waals surface area contributed by atoms with Gasteiger partial charge in [-0.25, -0.2) is 13.8 Å². The van der Waals surface area contributed by atoms with Crippen LogP contribution in [0.4, 0.5) is 25.3 Å². The monoisotopic (exact) mass is 449 g/mol. The van der Waals surface area contributed by atoms with E-state index in [0.717, 1.165) is 61.6 Å². The number of thiazole rings is 1. The highest BCUT2D eigenvalue weighted by Gasteiger charge is 2.25. The molecule has 0 aliphatic carbocycles. The van der Waals surface area contributed by atoms with Crippen molar-refractivity contribution in [3.63, 3.8) is 0 Å². The molecule has 0 saturated carbocycles. The van der Waals surface area contributed by atoms with Crippen molar-refractivity contribution in [1.82, 2.24) is 14.8 Å². The van der Waals surface area contributed by atoms with Crippen LogP contribution in [-0.4, -0.2) is 39.0 Å². The van der Waals surface area contributed by atoms with Gasteiger partial charge in [0.2, 0.25) is 0 Å². The minimum atomic E-state index is -1.28. The van der Waals surface area contributed by atoms with E-state index in [4.69, 9.17) is 11.5 Å². The lowest BCUT2D eigenvalue weighted by Crippen LogP contribution is -2.29. The van der Waals surface area contributed by atoms with Crippen molar-refractivity contribution in [2.24, 2.45) is 12.8 Å². The number of aliphatic hydroxyl groups is 1. The molecule has 4 rings (SSSR count). The third kappa shape index (κ3) is 4.34. The molecule has 1 unspecified atom stereocenters. The number of hydrogen-bond donors (Lipinski definition) is 4. The topological polar surface area (TPSA) is 118 Å². The molecule has 0 amide bonds. The molecule has 11 heteroatoms. The summed E-state index contributed by atoms with van der Waals surface area (Å²) >= 11 is 0.917. The first-order valence-corrected chi connectivity index (χ1v) is 10.8. The molecule has 2 aromatic heterocycles. The second-order valence-corrected chi connectivity index (χ2v) is 8.63. The van der Waals surface area contributed by atoms with Crippen LogP contribution in [0.3, 0.4) is 0 Å². The number of nitrogens with two attached hydrogens (primary N) is 2. The van der Waals surface area contributed by atoms with E-state index >= 15 is 0 Å². The lowest BCUT2D eigenvalue weighted by molar-refractivity contribution is 0.205. The molecule has 3 heterocycles. The molecule has 0 bridgehead atoms. The van der Waals surface area contributed by atoms with Crippen LogP contribution in [0.25, 0.3) is 10.6 Å². The Bertz CT molecular complexity index is 1050. The number of hydrogen-bond acceptors (Lipinski definition) is 8. The molecule has 6 N–H and O–H groups in total. The van der Waals surface area contributed by atoms with E-state index in [1.807, 2.05) is 7.05 Å². The smallest absolute Gasteiger partial charge is 0.171 e. The number of nitrogens with zero attached hydrogens (tertiary/aromatic N) is 4. The van der Waals surface area contributed by atoms with E-state index in [-0.39, 0.29) is 27.3 Å². The van der Waals surface area contributed by atoms with Gasteiger partial charge in [0, 0.05) is 26.2 Å². The highest BCUT2D eigenvalue weighted by molar-refractivity contribution is 7.18. The summed E-state index contributed by atoms with van der Waals surface area (Å²) in [7, 11) is 1.83. The predicted octanol–water partition coefficient (Wildman–Crippen LogP) is 2.82. The van der Waals surface area contributed by atoms with Crippen molar-refractivity contribution in [2.45, 2.75) is 31.5 Å². The Morgan fingerprint density at radius 2 is 2.00 bits per heavy atom. The van der Waals surface area contributed by atoms with Crippen LogP contribution < -0.4 is 21.7 Å². The van der Waals surface area contributed by atoms with Crippen molar-refractivity contribution in [3.8, 4) is 10.6 Å². The van der Waals surface area contributed by atoms with Gasteiger partial charge in [-0.05, 0) is 31.4 Å². The Morgan fingerprint density at radius 1 is 1.26 bits per heavy atom. The molecular weight excluding hydrogens is 424 g/mol. The van der Waals surface area contributed by atoms with Gasteiger partial charge in [0.15, 0.2) is 6.23 Å². The number of nitrogen functional groups attached to an aromatic ring is 1. The molecule has 0 radical (unpaired) electrons. The summed E-state index contributed by atoms with van der Waals surface area (Å²) in [6, 6.07) is 3.76. The van der Waals surface area contributed by atoms with Gasteiger partial charge in [0.25, 0.3) is 0 Å². The molecule has 0 spiro atoms. The number of aliphatic hydroxyl groups excluding tert-OH is 1. The van der Waals surface area contributed by atoms with Gasteiger partial charge < -0.3 is 26.8 Å². The quantitative estimate of drug-likeness (QED) is 0.442. The Hall–Kier alpha value is -2.76. The highest BCUT2D eigenvalue weighted by Crippen LogP contribution is 2.37. The SMILES string of the molecule is Cn1ncc(NC(O)c2nc(-c3c(F)cccc3F)sc2N)c1N1CCC[C@H](N)CC1. The highest BCUT2D eigenvalue weighted by atomic mass is 32.1. The first-order chi connectivity index (χ1) is 14.8. The number of halogens is 2. The van der Waals surface area contributed by atoms with E-state index in [0.29, 0.717) is 5.69 Å². The van der Waals surface area contributed by atoms with Crippen LogP contribution in [0, 0.1) is 11.6 Å². The second-order valence-electron chi connectivity index (χ2n) is 7.60. The van der Waals surface area contributed by atoms with Gasteiger partial charge in [-0.2, -0.15) is 5.10 Å². The fourth-order valence-electron chi connectivity index (χ4n) is 3.81. The third-order valence-electron chi connectivity index (χ3n) is 5.39. The third-order valence-corrected chi connectivity index (χ3v) is 6.31. The van der Waals surface area contributed by atoms with Gasteiger partial charge in [-0.1, -0.05) is 17.4 Å². The van der Waals surface area contributed by atoms with Crippen molar-refractivity contribution in [1.29, 1.82) is 0 Å². The summed E-state index contributed by atoms with van der Waals surface area (Å²) in [6.45, 7) is 1.61. The molecule has 1 aliphatic rings. The number of aryl methyl sites for hydroxylation is 1. The van der Waals surface area contributed by atoms with Crippen molar-refractivity contribution in [3.05, 3.63) is 41.7 Å². The molecule has 1 saturated heterocycles. The maximum atomic E-state index is 14.1. The first-order valence-electron chi connectivity index (χ1n) is 10.0. The van der Waals surface area contributed by atoms with Gasteiger partial charge >= 0.3 is 0 Å². The zero-order chi connectivity index (χ0) is 22.1. The number of anilines is 3. The van der Waals surface area contributed by atoms with Crippen LogP contribution in [0.15, 0.2) is 24.4 Å². The molecule has 8 nitrogen and oxygen atoms in total. The second kappa shape index (κ2) is 8.77. The minimum absolute atomic E-state index is 0.0665. The molecule has 31 heavy (non-hydrogen) atoms.